The van der Waals surface area contributed by atoms with Gasteiger partial charge in [-0.3, -0.25) is 0 Å². The summed E-state index contributed by atoms with van der Waals surface area (Å²) in [6.45, 7) is 2.02. The third kappa shape index (κ3) is 3.13. The van der Waals surface area contributed by atoms with Crippen LogP contribution in [-0.2, 0) is 19.1 Å². The molecular formula is C20H19NO4. The molecule has 5 nitrogen and oxygen atoms in total. The molecule has 1 aromatic rings. The van der Waals surface area contributed by atoms with Gasteiger partial charge in [-0.05, 0) is 24.6 Å². The Hall–Kier alpha value is -3.08. The number of carbonyl (C=O) groups is 2. The summed E-state index contributed by atoms with van der Waals surface area (Å²) in [7, 11) is 1.33. The number of esters is 2. The van der Waals surface area contributed by atoms with Gasteiger partial charge < -0.3 is 14.4 Å². The van der Waals surface area contributed by atoms with Crippen molar-refractivity contribution in [1.29, 1.82) is 0 Å². The topological polar surface area (TPSA) is 55.8 Å². The Labute approximate surface area is 146 Å². The molecule has 2 aliphatic rings. The molecule has 128 valence electrons. The van der Waals surface area contributed by atoms with Crippen LogP contribution in [0.15, 0.2) is 77.8 Å². The molecule has 0 bridgehead atoms. The number of nitrogens with zero attached hydrogens (tertiary/aromatic N) is 1. The number of fused-ring (bicyclic) bond motifs is 1. The standard InChI is InChI=1S/C20H19NO4/c1-3-25-20(23)18-16-11-7-8-12-21(16)13-15(19(22)24-2)17(18)14-9-5-4-6-10-14/h4-13,17H,3H2,1-2H3. The summed E-state index contributed by atoms with van der Waals surface area (Å²) in [4.78, 5) is 26.9. The summed E-state index contributed by atoms with van der Waals surface area (Å²) in [6.07, 6.45) is 9.03. The number of methoxy groups -OCH3 is 1. The molecule has 2 aliphatic heterocycles. The third-order valence-corrected chi connectivity index (χ3v) is 4.09. The average Bonchev–Trinajstić information content (AvgIpc) is 2.66. The van der Waals surface area contributed by atoms with Gasteiger partial charge in [-0.1, -0.05) is 36.4 Å². The highest BCUT2D eigenvalue weighted by molar-refractivity contribution is 5.99. The van der Waals surface area contributed by atoms with Crippen molar-refractivity contribution in [2.45, 2.75) is 12.8 Å². The maximum atomic E-state index is 12.7. The molecule has 1 atom stereocenters. The summed E-state index contributed by atoms with van der Waals surface area (Å²) in [5.74, 6) is -1.46. The maximum Gasteiger partial charge on any atom is 0.337 e. The first-order valence-electron chi connectivity index (χ1n) is 8.06. The SMILES string of the molecule is CCOC(=O)C1=C2C=CC=CN2C=C(C(=O)OC)C1c1ccccc1. The molecule has 1 unspecified atom stereocenters. The van der Waals surface area contributed by atoms with Crippen molar-refractivity contribution in [3.63, 3.8) is 0 Å². The Morgan fingerprint density at radius 2 is 1.88 bits per heavy atom. The highest BCUT2D eigenvalue weighted by Crippen LogP contribution is 2.41. The zero-order chi connectivity index (χ0) is 17.8. The van der Waals surface area contributed by atoms with Gasteiger partial charge in [0.05, 0.1) is 36.5 Å². The number of carbonyl (C=O) groups excluding carboxylic acids is 2. The van der Waals surface area contributed by atoms with Crippen LogP contribution in [0.3, 0.4) is 0 Å². The van der Waals surface area contributed by atoms with E-state index in [1.54, 1.807) is 24.2 Å². The molecule has 3 rings (SSSR count). The molecule has 0 spiro atoms. The molecule has 0 fully saturated rings. The van der Waals surface area contributed by atoms with E-state index in [0.717, 1.165) is 5.56 Å². The van der Waals surface area contributed by atoms with Gasteiger partial charge in [-0.25, -0.2) is 9.59 Å². The van der Waals surface area contributed by atoms with Crippen molar-refractivity contribution < 1.29 is 19.1 Å². The number of rotatable bonds is 4. The van der Waals surface area contributed by atoms with Crippen LogP contribution < -0.4 is 0 Å². The molecular weight excluding hydrogens is 318 g/mol. The Kier molecular flexibility index (Phi) is 4.84. The van der Waals surface area contributed by atoms with Crippen molar-refractivity contribution in [2.75, 3.05) is 13.7 Å². The number of ether oxygens (including phenoxy) is 2. The van der Waals surface area contributed by atoms with Crippen LogP contribution in [0, 0.1) is 0 Å². The van der Waals surface area contributed by atoms with Gasteiger partial charge in [0.2, 0.25) is 0 Å². The largest absolute Gasteiger partial charge is 0.466 e. The number of hydrogen-bond acceptors (Lipinski definition) is 5. The Bertz CT molecular complexity index is 802. The molecule has 0 N–H and O–H groups in total. The highest BCUT2D eigenvalue weighted by Gasteiger charge is 2.38. The van der Waals surface area contributed by atoms with Crippen molar-refractivity contribution in [1.82, 2.24) is 4.90 Å². The molecule has 5 heteroatoms. The van der Waals surface area contributed by atoms with E-state index in [1.807, 2.05) is 48.6 Å². The van der Waals surface area contributed by atoms with Gasteiger partial charge >= 0.3 is 11.9 Å². The van der Waals surface area contributed by atoms with Crippen LogP contribution in [-0.4, -0.2) is 30.6 Å². The maximum absolute atomic E-state index is 12.7. The predicted molar refractivity (Wildman–Crippen MR) is 93.1 cm³/mol. The van der Waals surface area contributed by atoms with E-state index in [0.29, 0.717) is 16.8 Å². The van der Waals surface area contributed by atoms with Crippen molar-refractivity contribution >= 4 is 11.9 Å². The first-order valence-corrected chi connectivity index (χ1v) is 8.06. The Morgan fingerprint density at radius 3 is 2.56 bits per heavy atom. The molecule has 0 aliphatic carbocycles. The van der Waals surface area contributed by atoms with E-state index in [9.17, 15) is 9.59 Å². The second-order valence-electron chi connectivity index (χ2n) is 5.55. The average molecular weight is 337 g/mol. The number of allylic oxidation sites excluding steroid dienone is 3. The van der Waals surface area contributed by atoms with E-state index >= 15 is 0 Å². The van der Waals surface area contributed by atoms with Gasteiger partial charge in [0.25, 0.3) is 0 Å². The van der Waals surface area contributed by atoms with Crippen LogP contribution in [0.25, 0.3) is 0 Å². The minimum atomic E-state index is -0.546. The second kappa shape index (κ2) is 7.21. The van der Waals surface area contributed by atoms with Crippen molar-refractivity contribution in [3.8, 4) is 0 Å². The van der Waals surface area contributed by atoms with E-state index in [-0.39, 0.29) is 6.61 Å². The lowest BCUT2D eigenvalue weighted by Crippen LogP contribution is -2.31. The van der Waals surface area contributed by atoms with Gasteiger partial charge in [-0.2, -0.15) is 0 Å². The van der Waals surface area contributed by atoms with Crippen LogP contribution >= 0.6 is 0 Å². The summed E-state index contributed by atoms with van der Waals surface area (Å²) in [5.41, 5.74) is 2.34. The van der Waals surface area contributed by atoms with E-state index in [2.05, 4.69) is 0 Å². The first kappa shape index (κ1) is 16.8. The molecule has 0 saturated heterocycles. The Morgan fingerprint density at radius 1 is 1.12 bits per heavy atom. The minimum Gasteiger partial charge on any atom is -0.466 e. The van der Waals surface area contributed by atoms with Gasteiger partial charge in [0.15, 0.2) is 0 Å². The molecule has 25 heavy (non-hydrogen) atoms. The lowest BCUT2D eigenvalue weighted by molar-refractivity contribution is -0.139. The van der Waals surface area contributed by atoms with Crippen LogP contribution in [0.2, 0.25) is 0 Å². The molecule has 2 heterocycles. The van der Waals surface area contributed by atoms with E-state index < -0.39 is 17.9 Å². The lowest BCUT2D eigenvalue weighted by atomic mass is 9.81. The van der Waals surface area contributed by atoms with Crippen LogP contribution in [0.5, 0.6) is 0 Å². The Balaban J connectivity index is 2.21. The highest BCUT2D eigenvalue weighted by atomic mass is 16.5. The minimum absolute atomic E-state index is 0.258. The lowest BCUT2D eigenvalue weighted by Gasteiger charge is -2.33. The van der Waals surface area contributed by atoms with E-state index in [4.69, 9.17) is 9.47 Å². The summed E-state index contributed by atoms with van der Waals surface area (Å²) in [5, 5.41) is 0. The zero-order valence-electron chi connectivity index (χ0n) is 14.1. The van der Waals surface area contributed by atoms with Crippen molar-refractivity contribution in [3.05, 3.63) is 83.4 Å². The second-order valence-corrected chi connectivity index (χ2v) is 5.55. The van der Waals surface area contributed by atoms with E-state index in [1.165, 1.54) is 7.11 Å². The third-order valence-electron chi connectivity index (χ3n) is 4.09. The monoisotopic (exact) mass is 337 g/mol. The molecule has 0 aromatic heterocycles. The fourth-order valence-electron chi connectivity index (χ4n) is 3.04. The number of hydrogen-bond donors (Lipinski definition) is 0. The number of benzene rings is 1. The van der Waals surface area contributed by atoms with Crippen LogP contribution in [0.4, 0.5) is 0 Å². The quantitative estimate of drug-likeness (QED) is 0.791. The predicted octanol–water partition coefficient (Wildman–Crippen LogP) is 3.04. The summed E-state index contributed by atoms with van der Waals surface area (Å²) < 4.78 is 10.2. The summed E-state index contributed by atoms with van der Waals surface area (Å²) in [6, 6.07) is 9.42. The molecule has 0 amide bonds. The normalized spacial score (nSPS) is 18.6. The molecule has 0 saturated carbocycles. The molecule has 1 aromatic carbocycles. The fraction of sp³-hybridized carbons (Fsp3) is 0.200. The van der Waals surface area contributed by atoms with Gasteiger partial charge in [0.1, 0.15) is 0 Å². The van der Waals surface area contributed by atoms with Gasteiger partial charge in [-0.15, -0.1) is 0 Å². The first-order chi connectivity index (χ1) is 12.2. The molecule has 0 radical (unpaired) electrons. The fourth-order valence-corrected chi connectivity index (χ4v) is 3.04. The smallest absolute Gasteiger partial charge is 0.337 e. The van der Waals surface area contributed by atoms with Gasteiger partial charge in [0, 0.05) is 12.4 Å². The van der Waals surface area contributed by atoms with Crippen molar-refractivity contribution in [2.24, 2.45) is 0 Å². The van der Waals surface area contributed by atoms with Crippen LogP contribution in [0.1, 0.15) is 18.4 Å². The zero-order valence-corrected chi connectivity index (χ0v) is 14.1. The summed E-state index contributed by atoms with van der Waals surface area (Å²) >= 11 is 0.